The van der Waals surface area contributed by atoms with Crippen molar-refractivity contribution in [3.63, 3.8) is 0 Å². The van der Waals surface area contributed by atoms with Crippen LogP contribution in [0, 0.1) is 0 Å². The molecule has 0 aliphatic carbocycles. The third-order valence-corrected chi connectivity index (χ3v) is 2.92. The lowest BCUT2D eigenvalue weighted by molar-refractivity contribution is -0.144. The van der Waals surface area contributed by atoms with Crippen LogP contribution in [0.25, 0.3) is 5.52 Å². The van der Waals surface area contributed by atoms with E-state index in [9.17, 15) is 9.59 Å². The van der Waals surface area contributed by atoms with E-state index in [0.29, 0.717) is 5.52 Å². The second-order valence-electron chi connectivity index (χ2n) is 4.21. The van der Waals surface area contributed by atoms with E-state index < -0.39 is 5.97 Å². The van der Waals surface area contributed by atoms with Gasteiger partial charge in [-0.05, 0) is 25.0 Å². The van der Waals surface area contributed by atoms with E-state index in [4.69, 9.17) is 9.47 Å². The Hall–Kier alpha value is -2.31. The van der Waals surface area contributed by atoms with Crippen molar-refractivity contribution < 1.29 is 14.3 Å². The molecule has 108 valence electrons. The Bertz CT molecular complexity index is 687. The van der Waals surface area contributed by atoms with Crippen LogP contribution >= 0.6 is 0 Å². The summed E-state index contributed by atoms with van der Waals surface area (Å²) in [6.45, 7) is 3.73. The standard InChI is InChI=1S/C13H17N3O4/c1-4-9-6-10-12(18)16(8-11(17)20-5-2)14-13(19-3)15(10)7-9/h6-7H,4-5,8H2,1-3H3. The van der Waals surface area contributed by atoms with E-state index in [0.717, 1.165) is 16.7 Å². The smallest absolute Gasteiger partial charge is 0.327 e. The van der Waals surface area contributed by atoms with Gasteiger partial charge in [-0.2, -0.15) is 0 Å². The molecule has 0 fully saturated rings. The number of aromatic nitrogens is 3. The van der Waals surface area contributed by atoms with Crippen LogP contribution in [0.1, 0.15) is 19.4 Å². The van der Waals surface area contributed by atoms with Crippen LogP contribution in [0.5, 0.6) is 6.01 Å². The summed E-state index contributed by atoms with van der Waals surface area (Å²) in [6, 6.07) is 2.03. The Labute approximate surface area is 115 Å². The van der Waals surface area contributed by atoms with Crippen molar-refractivity contribution in [3.05, 3.63) is 28.2 Å². The minimum absolute atomic E-state index is 0.230. The molecule has 0 radical (unpaired) electrons. The van der Waals surface area contributed by atoms with E-state index in [-0.39, 0.29) is 24.7 Å². The Morgan fingerprint density at radius 3 is 2.75 bits per heavy atom. The van der Waals surface area contributed by atoms with Crippen LogP contribution in [0.15, 0.2) is 17.1 Å². The van der Waals surface area contributed by atoms with Crippen molar-refractivity contribution >= 4 is 11.5 Å². The van der Waals surface area contributed by atoms with E-state index in [2.05, 4.69) is 5.10 Å². The van der Waals surface area contributed by atoms with Gasteiger partial charge in [0, 0.05) is 6.20 Å². The molecule has 0 bridgehead atoms. The fraction of sp³-hybridized carbons (Fsp3) is 0.462. The highest BCUT2D eigenvalue weighted by Gasteiger charge is 2.14. The maximum absolute atomic E-state index is 12.3. The summed E-state index contributed by atoms with van der Waals surface area (Å²) in [6.07, 6.45) is 2.60. The SMILES string of the molecule is CCOC(=O)Cn1nc(OC)n2cc(CC)cc2c1=O. The maximum Gasteiger partial charge on any atom is 0.327 e. The number of hydrogen-bond acceptors (Lipinski definition) is 5. The Kier molecular flexibility index (Phi) is 4.07. The first kappa shape index (κ1) is 14.1. The fourth-order valence-corrected chi connectivity index (χ4v) is 1.94. The molecule has 2 heterocycles. The van der Waals surface area contributed by atoms with Gasteiger partial charge in [0.15, 0.2) is 0 Å². The van der Waals surface area contributed by atoms with Crippen LogP contribution in [-0.4, -0.2) is 33.9 Å². The number of hydrogen-bond donors (Lipinski definition) is 0. The molecule has 7 heteroatoms. The van der Waals surface area contributed by atoms with Crippen LogP contribution < -0.4 is 10.3 Å². The molecule has 7 nitrogen and oxygen atoms in total. The van der Waals surface area contributed by atoms with Crippen LogP contribution in [-0.2, 0) is 22.5 Å². The van der Waals surface area contributed by atoms with Crippen molar-refractivity contribution in [2.24, 2.45) is 0 Å². The van der Waals surface area contributed by atoms with E-state index in [1.165, 1.54) is 7.11 Å². The number of aryl methyl sites for hydroxylation is 1. The third-order valence-electron chi connectivity index (χ3n) is 2.92. The highest BCUT2D eigenvalue weighted by atomic mass is 16.5. The molecule has 0 N–H and O–H groups in total. The minimum Gasteiger partial charge on any atom is -0.467 e. The van der Waals surface area contributed by atoms with Crippen molar-refractivity contribution in [3.8, 4) is 6.01 Å². The van der Waals surface area contributed by atoms with Crippen LogP contribution in [0.3, 0.4) is 0 Å². The van der Waals surface area contributed by atoms with E-state index >= 15 is 0 Å². The van der Waals surface area contributed by atoms with Crippen molar-refractivity contribution in [2.45, 2.75) is 26.8 Å². The third kappa shape index (κ3) is 2.52. The summed E-state index contributed by atoms with van der Waals surface area (Å²) in [7, 11) is 1.46. The average molecular weight is 279 g/mol. The van der Waals surface area contributed by atoms with Crippen molar-refractivity contribution in [1.29, 1.82) is 0 Å². The topological polar surface area (TPSA) is 74.8 Å². The van der Waals surface area contributed by atoms with Gasteiger partial charge in [0.1, 0.15) is 12.1 Å². The predicted octanol–water partition coefficient (Wildman–Crippen LogP) is 0.630. The first-order chi connectivity index (χ1) is 9.60. The Morgan fingerprint density at radius 1 is 1.40 bits per heavy atom. The molecule has 0 aromatic carbocycles. The number of ether oxygens (including phenoxy) is 2. The Balaban J connectivity index is 2.53. The molecule has 0 aliphatic heterocycles. The van der Waals surface area contributed by atoms with Gasteiger partial charge in [-0.15, -0.1) is 5.10 Å². The number of carbonyl (C=O) groups is 1. The summed E-state index contributed by atoms with van der Waals surface area (Å²) in [4.78, 5) is 23.8. The summed E-state index contributed by atoms with van der Waals surface area (Å²) in [5.41, 5.74) is 1.08. The van der Waals surface area contributed by atoms with Crippen LogP contribution in [0.2, 0.25) is 0 Å². The molecule has 0 spiro atoms. The van der Waals surface area contributed by atoms with E-state index in [1.54, 1.807) is 23.6 Å². The number of esters is 1. The summed E-state index contributed by atoms with van der Waals surface area (Å²) < 4.78 is 12.6. The molecule has 2 aromatic rings. The van der Waals surface area contributed by atoms with E-state index in [1.807, 2.05) is 6.92 Å². The first-order valence-corrected chi connectivity index (χ1v) is 6.42. The molecule has 0 amide bonds. The normalized spacial score (nSPS) is 10.8. The van der Waals surface area contributed by atoms with Gasteiger partial charge in [-0.25, -0.2) is 4.68 Å². The monoisotopic (exact) mass is 279 g/mol. The predicted molar refractivity (Wildman–Crippen MR) is 72.0 cm³/mol. The fourth-order valence-electron chi connectivity index (χ4n) is 1.94. The molecule has 2 rings (SSSR count). The van der Waals surface area contributed by atoms with Gasteiger partial charge < -0.3 is 9.47 Å². The quantitative estimate of drug-likeness (QED) is 0.750. The number of rotatable bonds is 5. The largest absolute Gasteiger partial charge is 0.467 e. The molecular weight excluding hydrogens is 262 g/mol. The minimum atomic E-state index is -0.504. The second-order valence-corrected chi connectivity index (χ2v) is 4.21. The summed E-state index contributed by atoms with van der Waals surface area (Å²) in [5, 5.41) is 4.03. The summed E-state index contributed by atoms with van der Waals surface area (Å²) >= 11 is 0. The van der Waals surface area contributed by atoms with Crippen molar-refractivity contribution in [2.75, 3.05) is 13.7 Å². The van der Waals surface area contributed by atoms with Gasteiger partial charge in [-0.3, -0.25) is 14.0 Å². The maximum atomic E-state index is 12.3. The lowest BCUT2D eigenvalue weighted by Crippen LogP contribution is -2.29. The molecular formula is C13H17N3O4. The van der Waals surface area contributed by atoms with Gasteiger partial charge >= 0.3 is 12.0 Å². The molecule has 0 saturated heterocycles. The molecule has 0 aliphatic rings. The second kappa shape index (κ2) is 5.77. The number of nitrogens with zero attached hydrogens (tertiary/aromatic N) is 3. The van der Waals surface area contributed by atoms with Gasteiger partial charge in [-0.1, -0.05) is 6.92 Å². The zero-order valence-corrected chi connectivity index (χ0v) is 11.8. The highest BCUT2D eigenvalue weighted by molar-refractivity contribution is 5.69. The molecule has 0 unspecified atom stereocenters. The zero-order valence-electron chi connectivity index (χ0n) is 11.8. The van der Waals surface area contributed by atoms with Crippen LogP contribution in [0.4, 0.5) is 0 Å². The summed E-state index contributed by atoms with van der Waals surface area (Å²) in [5.74, 6) is -0.504. The Morgan fingerprint density at radius 2 is 2.15 bits per heavy atom. The van der Waals surface area contributed by atoms with Crippen molar-refractivity contribution in [1.82, 2.24) is 14.2 Å². The highest BCUT2D eigenvalue weighted by Crippen LogP contribution is 2.13. The van der Waals surface area contributed by atoms with Gasteiger partial charge in [0.2, 0.25) is 0 Å². The molecule has 0 saturated carbocycles. The lowest BCUT2D eigenvalue weighted by atomic mass is 10.3. The number of fused-ring (bicyclic) bond motifs is 1. The first-order valence-electron chi connectivity index (χ1n) is 6.42. The number of methoxy groups -OCH3 is 1. The van der Waals surface area contributed by atoms with Gasteiger partial charge in [0.05, 0.1) is 13.7 Å². The van der Waals surface area contributed by atoms with Gasteiger partial charge in [0.25, 0.3) is 5.56 Å². The zero-order chi connectivity index (χ0) is 14.7. The number of carbonyl (C=O) groups excluding carboxylic acids is 1. The average Bonchev–Trinajstić information content (AvgIpc) is 2.87. The molecule has 20 heavy (non-hydrogen) atoms. The molecule has 2 aromatic heterocycles. The molecule has 0 atom stereocenters. The lowest BCUT2D eigenvalue weighted by Gasteiger charge is -2.08.